The summed E-state index contributed by atoms with van der Waals surface area (Å²) >= 11 is 0. The number of carboxylic acids is 1. The molecule has 0 fully saturated rings. The van der Waals surface area contributed by atoms with Crippen molar-refractivity contribution in [3.05, 3.63) is 71.9 Å². The van der Waals surface area contributed by atoms with Crippen molar-refractivity contribution in [3.8, 4) is 22.6 Å². The van der Waals surface area contributed by atoms with Gasteiger partial charge in [0.25, 0.3) is 0 Å². The molecule has 0 aliphatic carbocycles. The Morgan fingerprint density at radius 3 is 2.50 bits per heavy atom. The molecule has 3 aromatic rings. The summed E-state index contributed by atoms with van der Waals surface area (Å²) < 4.78 is 13.3. The van der Waals surface area contributed by atoms with Crippen molar-refractivity contribution in [1.29, 1.82) is 0 Å². The highest BCUT2D eigenvalue weighted by Gasteiger charge is 2.09. The van der Waals surface area contributed by atoms with Crippen LogP contribution in [0.3, 0.4) is 0 Å². The van der Waals surface area contributed by atoms with Crippen molar-refractivity contribution in [2.75, 3.05) is 0 Å². The second-order valence-corrected chi connectivity index (χ2v) is 5.39. The maximum atomic E-state index is 13.3. The van der Waals surface area contributed by atoms with Gasteiger partial charge in [-0.2, -0.15) is 0 Å². The standard InChI is InChI=1S/C19H15FN2O2/c1-12(20)13-5-7-14(8-6-13)17-9-10-21-18(22-17)15-3-2-4-16(11-15)19(23)24/h2-12H,1H3,(H,23,24). The number of halogens is 1. The van der Waals surface area contributed by atoms with Crippen molar-refractivity contribution >= 4 is 5.97 Å². The first kappa shape index (κ1) is 15.8. The molecule has 1 N–H and O–H groups in total. The molecule has 0 saturated heterocycles. The van der Waals surface area contributed by atoms with Crippen molar-refractivity contribution in [2.45, 2.75) is 13.1 Å². The Hall–Kier alpha value is -3.08. The normalized spacial score (nSPS) is 11.9. The van der Waals surface area contributed by atoms with Gasteiger partial charge in [-0.3, -0.25) is 0 Å². The molecule has 2 aromatic carbocycles. The number of rotatable bonds is 4. The number of carbonyl (C=O) groups is 1. The van der Waals surface area contributed by atoms with Gasteiger partial charge in [-0.25, -0.2) is 19.2 Å². The van der Waals surface area contributed by atoms with Crippen LogP contribution in [0.1, 0.15) is 29.0 Å². The Balaban J connectivity index is 1.97. The zero-order chi connectivity index (χ0) is 17.1. The monoisotopic (exact) mass is 322 g/mol. The lowest BCUT2D eigenvalue weighted by molar-refractivity contribution is 0.0697. The quantitative estimate of drug-likeness (QED) is 0.766. The van der Waals surface area contributed by atoms with Crippen LogP contribution in [-0.4, -0.2) is 21.0 Å². The first-order valence-electron chi connectivity index (χ1n) is 7.46. The lowest BCUT2D eigenvalue weighted by atomic mass is 10.1. The molecular weight excluding hydrogens is 307 g/mol. The zero-order valence-corrected chi connectivity index (χ0v) is 13.0. The highest BCUT2D eigenvalue weighted by atomic mass is 19.1. The number of aromatic nitrogens is 2. The van der Waals surface area contributed by atoms with Crippen LogP contribution < -0.4 is 0 Å². The van der Waals surface area contributed by atoms with Crippen LogP contribution >= 0.6 is 0 Å². The molecule has 0 aliphatic heterocycles. The number of hydrogen-bond acceptors (Lipinski definition) is 3. The zero-order valence-electron chi connectivity index (χ0n) is 13.0. The summed E-state index contributed by atoms with van der Waals surface area (Å²) in [4.78, 5) is 19.8. The van der Waals surface area contributed by atoms with E-state index in [0.29, 0.717) is 22.6 Å². The van der Waals surface area contributed by atoms with E-state index in [1.54, 1.807) is 36.5 Å². The van der Waals surface area contributed by atoms with E-state index in [-0.39, 0.29) is 5.56 Å². The Morgan fingerprint density at radius 2 is 1.83 bits per heavy atom. The van der Waals surface area contributed by atoms with Crippen LogP contribution in [0.2, 0.25) is 0 Å². The summed E-state index contributed by atoms with van der Waals surface area (Å²) in [5.41, 5.74) is 2.96. The van der Waals surface area contributed by atoms with Crippen LogP contribution in [0.4, 0.5) is 4.39 Å². The molecule has 1 atom stereocenters. The smallest absolute Gasteiger partial charge is 0.335 e. The Kier molecular flexibility index (Phi) is 4.33. The minimum absolute atomic E-state index is 0.183. The molecule has 3 rings (SSSR count). The average Bonchev–Trinajstić information content (AvgIpc) is 2.62. The number of nitrogens with zero attached hydrogens (tertiary/aromatic N) is 2. The molecule has 0 radical (unpaired) electrons. The van der Waals surface area contributed by atoms with Gasteiger partial charge < -0.3 is 5.11 Å². The highest BCUT2D eigenvalue weighted by Crippen LogP contribution is 2.24. The van der Waals surface area contributed by atoms with E-state index in [2.05, 4.69) is 9.97 Å². The molecule has 0 aliphatic rings. The summed E-state index contributed by atoms with van der Waals surface area (Å²) in [6, 6.07) is 15.3. The Bertz CT molecular complexity index is 877. The fourth-order valence-corrected chi connectivity index (χ4v) is 2.37. The minimum atomic E-state index is -1.02. The second-order valence-electron chi connectivity index (χ2n) is 5.39. The molecule has 4 nitrogen and oxygen atoms in total. The third-order valence-electron chi connectivity index (χ3n) is 3.69. The average molecular weight is 322 g/mol. The lowest BCUT2D eigenvalue weighted by Gasteiger charge is -2.07. The molecule has 0 saturated carbocycles. The van der Waals surface area contributed by atoms with Crippen LogP contribution in [-0.2, 0) is 0 Å². The molecule has 5 heteroatoms. The van der Waals surface area contributed by atoms with Gasteiger partial charge in [0.05, 0.1) is 11.3 Å². The fourth-order valence-electron chi connectivity index (χ4n) is 2.37. The van der Waals surface area contributed by atoms with E-state index in [4.69, 9.17) is 5.11 Å². The topological polar surface area (TPSA) is 63.1 Å². The summed E-state index contributed by atoms with van der Waals surface area (Å²) in [5.74, 6) is -0.553. The van der Waals surface area contributed by atoms with Gasteiger partial charge in [-0.15, -0.1) is 0 Å². The predicted molar refractivity (Wildman–Crippen MR) is 89.4 cm³/mol. The maximum absolute atomic E-state index is 13.3. The summed E-state index contributed by atoms with van der Waals surface area (Å²) in [6.45, 7) is 1.49. The van der Waals surface area contributed by atoms with Crippen LogP contribution in [0.25, 0.3) is 22.6 Å². The van der Waals surface area contributed by atoms with Crippen LogP contribution in [0.15, 0.2) is 60.8 Å². The van der Waals surface area contributed by atoms with Crippen molar-refractivity contribution < 1.29 is 14.3 Å². The molecule has 0 amide bonds. The van der Waals surface area contributed by atoms with Gasteiger partial charge in [-0.05, 0) is 30.7 Å². The predicted octanol–water partition coefficient (Wildman–Crippen LogP) is 4.54. The van der Waals surface area contributed by atoms with E-state index in [9.17, 15) is 9.18 Å². The SMILES string of the molecule is CC(F)c1ccc(-c2ccnc(-c3cccc(C(=O)O)c3)n2)cc1. The van der Waals surface area contributed by atoms with Crippen LogP contribution in [0, 0.1) is 0 Å². The molecule has 0 spiro atoms. The number of carboxylic acid groups (broad SMARTS) is 1. The largest absolute Gasteiger partial charge is 0.478 e. The molecule has 1 unspecified atom stereocenters. The molecule has 0 bridgehead atoms. The summed E-state index contributed by atoms with van der Waals surface area (Å²) in [5, 5.41) is 9.09. The van der Waals surface area contributed by atoms with Gasteiger partial charge in [0, 0.05) is 17.3 Å². The number of hydrogen-bond donors (Lipinski definition) is 1. The highest BCUT2D eigenvalue weighted by molar-refractivity contribution is 5.89. The van der Waals surface area contributed by atoms with Gasteiger partial charge in [0.2, 0.25) is 0 Å². The fraction of sp³-hybridized carbons (Fsp3) is 0.105. The van der Waals surface area contributed by atoms with Crippen LogP contribution in [0.5, 0.6) is 0 Å². The maximum Gasteiger partial charge on any atom is 0.335 e. The molecule has 24 heavy (non-hydrogen) atoms. The number of alkyl halides is 1. The van der Waals surface area contributed by atoms with E-state index < -0.39 is 12.1 Å². The molecule has 1 heterocycles. The van der Waals surface area contributed by atoms with E-state index >= 15 is 0 Å². The lowest BCUT2D eigenvalue weighted by Crippen LogP contribution is -1.97. The Labute approximate surface area is 138 Å². The number of aromatic carboxylic acids is 1. The second kappa shape index (κ2) is 6.58. The van der Waals surface area contributed by atoms with Crippen molar-refractivity contribution in [1.82, 2.24) is 9.97 Å². The molecule has 120 valence electrons. The van der Waals surface area contributed by atoms with Gasteiger partial charge in [0.15, 0.2) is 5.82 Å². The summed E-state index contributed by atoms with van der Waals surface area (Å²) in [7, 11) is 0. The summed E-state index contributed by atoms with van der Waals surface area (Å²) in [6.07, 6.45) is 0.607. The van der Waals surface area contributed by atoms with Gasteiger partial charge in [-0.1, -0.05) is 36.4 Å². The first-order valence-corrected chi connectivity index (χ1v) is 7.46. The van der Waals surface area contributed by atoms with Crippen molar-refractivity contribution in [2.24, 2.45) is 0 Å². The minimum Gasteiger partial charge on any atom is -0.478 e. The first-order chi connectivity index (χ1) is 11.5. The Morgan fingerprint density at radius 1 is 1.08 bits per heavy atom. The van der Waals surface area contributed by atoms with E-state index in [1.165, 1.54) is 19.1 Å². The third kappa shape index (κ3) is 3.30. The van der Waals surface area contributed by atoms with Gasteiger partial charge >= 0.3 is 5.97 Å². The number of benzene rings is 2. The van der Waals surface area contributed by atoms with Gasteiger partial charge in [0.1, 0.15) is 6.17 Å². The molecule has 1 aromatic heterocycles. The third-order valence-corrected chi connectivity index (χ3v) is 3.69. The van der Waals surface area contributed by atoms with Crippen molar-refractivity contribution in [3.63, 3.8) is 0 Å². The van der Waals surface area contributed by atoms with E-state index in [1.807, 2.05) is 12.1 Å². The molecular formula is C19H15FN2O2. The van der Waals surface area contributed by atoms with E-state index in [0.717, 1.165) is 5.56 Å².